The minimum absolute atomic E-state index is 0.0692. The molecule has 0 radical (unpaired) electrons. The number of amides is 2. The van der Waals surface area contributed by atoms with E-state index in [0.29, 0.717) is 48.0 Å². The number of sulfonamides is 1. The van der Waals surface area contributed by atoms with Crippen molar-refractivity contribution in [3.63, 3.8) is 0 Å². The van der Waals surface area contributed by atoms with E-state index >= 15 is 0 Å². The van der Waals surface area contributed by atoms with Crippen LogP contribution in [-0.2, 0) is 14.8 Å². The lowest BCUT2D eigenvalue weighted by molar-refractivity contribution is -0.121. The van der Waals surface area contributed by atoms with Gasteiger partial charge in [-0.05, 0) is 73.2 Å². The van der Waals surface area contributed by atoms with Crippen LogP contribution in [0.4, 0.5) is 11.4 Å². The summed E-state index contributed by atoms with van der Waals surface area (Å²) in [6, 6.07) is 18.0. The van der Waals surface area contributed by atoms with Gasteiger partial charge >= 0.3 is 0 Å². The summed E-state index contributed by atoms with van der Waals surface area (Å²) in [5.74, 6) is 1.38. The Kier molecular flexibility index (Phi) is 8.18. The fourth-order valence-electron chi connectivity index (χ4n) is 3.80. The van der Waals surface area contributed by atoms with E-state index in [1.807, 2.05) is 24.3 Å². The molecule has 11 heteroatoms. The number of nitrogens with one attached hydrogen (secondary N) is 1. The van der Waals surface area contributed by atoms with Gasteiger partial charge in [0, 0.05) is 31.9 Å². The molecule has 2 amide bonds. The number of fused-ring (bicyclic) bond motifs is 1. The van der Waals surface area contributed by atoms with Crippen LogP contribution in [0.3, 0.4) is 0 Å². The summed E-state index contributed by atoms with van der Waals surface area (Å²) in [6.07, 6.45) is 0.579. The van der Waals surface area contributed by atoms with Crippen molar-refractivity contribution in [2.45, 2.75) is 11.3 Å². The number of benzene rings is 3. The molecule has 0 saturated heterocycles. The summed E-state index contributed by atoms with van der Waals surface area (Å²) in [5, 5.41) is 2.80. The van der Waals surface area contributed by atoms with Crippen molar-refractivity contribution in [1.29, 1.82) is 0 Å². The summed E-state index contributed by atoms with van der Waals surface area (Å²) in [4.78, 5) is 27.1. The molecule has 0 unspecified atom stereocenters. The second-order valence-electron chi connectivity index (χ2n) is 8.66. The van der Waals surface area contributed by atoms with Gasteiger partial charge in [0.05, 0.1) is 24.3 Å². The van der Waals surface area contributed by atoms with Gasteiger partial charge in [-0.3, -0.25) is 9.59 Å². The number of nitrogens with zero attached hydrogens (tertiary/aromatic N) is 2. The summed E-state index contributed by atoms with van der Waals surface area (Å²) < 4.78 is 42.1. The highest BCUT2D eigenvalue weighted by molar-refractivity contribution is 7.89. The van der Waals surface area contributed by atoms with Gasteiger partial charge in [0.2, 0.25) is 10.0 Å². The predicted octanol–water partition coefficient (Wildman–Crippen LogP) is 3.39. The summed E-state index contributed by atoms with van der Waals surface area (Å²) in [6.45, 7) is 0.743. The third-order valence-electron chi connectivity index (χ3n) is 5.91. The molecule has 1 aliphatic heterocycles. The molecule has 3 aromatic carbocycles. The Labute approximate surface area is 221 Å². The Morgan fingerprint density at radius 1 is 1.03 bits per heavy atom. The number of hydrogen-bond donors (Lipinski definition) is 1. The van der Waals surface area contributed by atoms with Crippen LogP contribution in [0.15, 0.2) is 71.6 Å². The molecule has 4 rings (SSSR count). The summed E-state index contributed by atoms with van der Waals surface area (Å²) in [5.41, 5.74) is 1.31. The van der Waals surface area contributed by atoms with Crippen molar-refractivity contribution in [2.24, 2.45) is 0 Å². The quantitative estimate of drug-likeness (QED) is 0.393. The van der Waals surface area contributed by atoms with E-state index in [0.717, 1.165) is 10.1 Å². The molecule has 200 valence electrons. The lowest BCUT2D eigenvalue weighted by Gasteiger charge is -2.30. The van der Waals surface area contributed by atoms with Crippen molar-refractivity contribution < 1.29 is 32.2 Å². The minimum Gasteiger partial charge on any atom is -0.497 e. The molecular formula is C27H29N3O7S. The van der Waals surface area contributed by atoms with E-state index in [1.54, 1.807) is 30.2 Å². The zero-order chi connectivity index (χ0) is 27.3. The highest BCUT2D eigenvalue weighted by Crippen LogP contribution is 2.35. The SMILES string of the molecule is COc1ccc(OCCCN2C(=O)COc3ccc(NC(=O)c4ccc(S(=O)(=O)N(C)C)cc4)cc32)cc1. The first-order valence-electron chi connectivity index (χ1n) is 11.9. The van der Waals surface area contributed by atoms with Gasteiger partial charge in [0.1, 0.15) is 17.2 Å². The van der Waals surface area contributed by atoms with Crippen LogP contribution in [0.1, 0.15) is 16.8 Å². The maximum absolute atomic E-state index is 12.8. The first-order valence-corrected chi connectivity index (χ1v) is 13.3. The van der Waals surface area contributed by atoms with Crippen LogP contribution in [0.25, 0.3) is 0 Å². The predicted molar refractivity (Wildman–Crippen MR) is 143 cm³/mol. The van der Waals surface area contributed by atoms with Crippen LogP contribution in [0.2, 0.25) is 0 Å². The summed E-state index contributed by atoms with van der Waals surface area (Å²) in [7, 11) is 0.892. The molecule has 10 nitrogen and oxygen atoms in total. The zero-order valence-electron chi connectivity index (χ0n) is 21.3. The lowest BCUT2D eigenvalue weighted by Crippen LogP contribution is -2.39. The minimum atomic E-state index is -3.59. The molecule has 0 bridgehead atoms. The second-order valence-corrected chi connectivity index (χ2v) is 10.8. The topological polar surface area (TPSA) is 114 Å². The smallest absolute Gasteiger partial charge is 0.265 e. The molecule has 0 fully saturated rings. The average molecular weight is 540 g/mol. The van der Waals surface area contributed by atoms with Crippen LogP contribution in [-0.4, -0.2) is 65.5 Å². The van der Waals surface area contributed by atoms with E-state index in [2.05, 4.69) is 5.32 Å². The van der Waals surface area contributed by atoms with Crippen LogP contribution in [0, 0.1) is 0 Å². The van der Waals surface area contributed by atoms with Gasteiger partial charge in [0.15, 0.2) is 6.61 Å². The van der Waals surface area contributed by atoms with E-state index in [9.17, 15) is 18.0 Å². The Hall–Kier alpha value is -4.09. The highest BCUT2D eigenvalue weighted by atomic mass is 32.2. The Bertz CT molecular complexity index is 1410. The molecule has 38 heavy (non-hydrogen) atoms. The molecule has 0 saturated carbocycles. The normalized spacial score (nSPS) is 13.1. The number of carbonyl (C=O) groups is 2. The molecule has 1 N–H and O–H groups in total. The van der Waals surface area contributed by atoms with Crippen molar-refractivity contribution in [2.75, 3.05) is 51.2 Å². The number of hydrogen-bond acceptors (Lipinski definition) is 7. The molecule has 0 aliphatic carbocycles. The maximum Gasteiger partial charge on any atom is 0.265 e. The first kappa shape index (κ1) is 27.0. The van der Waals surface area contributed by atoms with Crippen molar-refractivity contribution >= 4 is 33.2 Å². The van der Waals surface area contributed by atoms with Gasteiger partial charge in [-0.15, -0.1) is 0 Å². The first-order chi connectivity index (χ1) is 18.2. The van der Waals surface area contributed by atoms with Crippen molar-refractivity contribution in [3.8, 4) is 17.2 Å². The third-order valence-corrected chi connectivity index (χ3v) is 7.74. The van der Waals surface area contributed by atoms with Gasteiger partial charge < -0.3 is 24.4 Å². The number of carbonyl (C=O) groups excluding carboxylic acids is 2. The fraction of sp³-hybridized carbons (Fsp3) is 0.259. The third kappa shape index (κ3) is 6.06. The highest BCUT2D eigenvalue weighted by Gasteiger charge is 2.26. The van der Waals surface area contributed by atoms with Crippen molar-refractivity contribution in [1.82, 2.24) is 4.31 Å². The average Bonchev–Trinajstić information content (AvgIpc) is 2.92. The molecule has 1 heterocycles. The number of ether oxygens (including phenoxy) is 3. The molecule has 3 aromatic rings. The van der Waals surface area contributed by atoms with Crippen LogP contribution >= 0.6 is 0 Å². The largest absolute Gasteiger partial charge is 0.497 e. The van der Waals surface area contributed by atoms with Crippen molar-refractivity contribution in [3.05, 3.63) is 72.3 Å². The van der Waals surface area contributed by atoms with E-state index in [1.165, 1.54) is 38.4 Å². The number of anilines is 2. The maximum atomic E-state index is 12.8. The molecule has 0 atom stereocenters. The molecular weight excluding hydrogens is 510 g/mol. The van der Waals surface area contributed by atoms with Crippen LogP contribution < -0.4 is 24.4 Å². The Morgan fingerprint density at radius 2 is 1.71 bits per heavy atom. The number of rotatable bonds is 10. The summed E-state index contributed by atoms with van der Waals surface area (Å²) >= 11 is 0. The van der Waals surface area contributed by atoms with Gasteiger partial charge in [-0.2, -0.15) is 0 Å². The Balaban J connectivity index is 1.40. The Morgan fingerprint density at radius 3 is 2.37 bits per heavy atom. The van der Waals surface area contributed by atoms with E-state index in [4.69, 9.17) is 14.2 Å². The van der Waals surface area contributed by atoms with E-state index in [-0.39, 0.29) is 17.4 Å². The monoisotopic (exact) mass is 539 g/mol. The van der Waals surface area contributed by atoms with Gasteiger partial charge in [0.25, 0.3) is 11.8 Å². The standard InChI is InChI=1S/C27H29N3O7S/c1-29(2)38(33,34)23-12-5-19(6-13-23)27(32)28-20-7-14-25-24(17-20)30(26(31)18-37-25)15-4-16-36-22-10-8-21(35-3)9-11-22/h5-14,17H,4,15-16,18H2,1-3H3,(H,28,32). The van der Waals surface area contributed by atoms with E-state index < -0.39 is 15.9 Å². The molecule has 0 spiro atoms. The lowest BCUT2D eigenvalue weighted by atomic mass is 10.1. The van der Waals surface area contributed by atoms with Gasteiger partial charge in [-0.25, -0.2) is 12.7 Å². The number of methoxy groups -OCH3 is 1. The fourth-order valence-corrected chi connectivity index (χ4v) is 4.70. The second kappa shape index (κ2) is 11.5. The van der Waals surface area contributed by atoms with Gasteiger partial charge in [-0.1, -0.05) is 0 Å². The molecule has 0 aromatic heterocycles. The molecule has 1 aliphatic rings. The van der Waals surface area contributed by atoms with Crippen LogP contribution in [0.5, 0.6) is 17.2 Å². The zero-order valence-corrected chi connectivity index (χ0v) is 22.2.